The third kappa shape index (κ3) is 4.64. The second kappa shape index (κ2) is 8.94. The van der Waals surface area contributed by atoms with Gasteiger partial charge in [-0.1, -0.05) is 42.5 Å². The summed E-state index contributed by atoms with van der Waals surface area (Å²) in [7, 11) is -3.65. The molecule has 2 aromatic carbocycles. The number of aliphatic hydroxyl groups excluding tert-OH is 2. The maximum Gasteiger partial charge on any atom is 0.243 e. The van der Waals surface area contributed by atoms with Gasteiger partial charge in [0.1, 0.15) is 0 Å². The fourth-order valence-electron chi connectivity index (χ4n) is 2.46. The van der Waals surface area contributed by atoms with Crippen LogP contribution in [0.25, 0.3) is 11.1 Å². The monoisotopic (exact) mass is 349 g/mol. The molecule has 0 aromatic heterocycles. The highest BCUT2D eigenvalue weighted by atomic mass is 32.2. The van der Waals surface area contributed by atoms with Crippen molar-refractivity contribution < 1.29 is 18.6 Å². The van der Waals surface area contributed by atoms with Crippen molar-refractivity contribution in [3.63, 3.8) is 0 Å². The molecule has 0 fully saturated rings. The number of unbranched alkanes of at least 4 members (excludes halogenated alkanes) is 1. The number of benzene rings is 2. The lowest BCUT2D eigenvalue weighted by atomic mass is 10.1. The topological polar surface area (TPSA) is 77.8 Å². The summed E-state index contributed by atoms with van der Waals surface area (Å²) in [6.07, 6.45) is 1.09. The summed E-state index contributed by atoms with van der Waals surface area (Å²) < 4.78 is 26.7. The van der Waals surface area contributed by atoms with E-state index in [4.69, 9.17) is 10.2 Å². The van der Waals surface area contributed by atoms with E-state index in [9.17, 15) is 8.42 Å². The largest absolute Gasteiger partial charge is 0.396 e. The van der Waals surface area contributed by atoms with E-state index in [0.717, 1.165) is 11.1 Å². The van der Waals surface area contributed by atoms with Crippen LogP contribution < -0.4 is 0 Å². The zero-order valence-electron chi connectivity index (χ0n) is 13.5. The van der Waals surface area contributed by atoms with Crippen molar-refractivity contribution in [2.45, 2.75) is 17.7 Å². The first-order chi connectivity index (χ1) is 11.6. The molecule has 0 aliphatic carbocycles. The SMILES string of the molecule is O=S(=O)(c1ccc(-c2ccccc2)cc1)N(CCO)CCCCO. The van der Waals surface area contributed by atoms with Crippen molar-refractivity contribution >= 4 is 10.0 Å². The van der Waals surface area contributed by atoms with Crippen LogP contribution >= 0.6 is 0 Å². The average molecular weight is 349 g/mol. The minimum absolute atomic E-state index is 0.0266. The molecule has 5 nitrogen and oxygen atoms in total. The molecule has 0 unspecified atom stereocenters. The number of hydrogen-bond acceptors (Lipinski definition) is 4. The molecule has 2 aromatic rings. The summed E-state index contributed by atoms with van der Waals surface area (Å²) in [4.78, 5) is 0.208. The van der Waals surface area contributed by atoms with E-state index in [-0.39, 0.29) is 31.2 Å². The van der Waals surface area contributed by atoms with E-state index < -0.39 is 10.0 Å². The van der Waals surface area contributed by atoms with E-state index in [1.54, 1.807) is 24.3 Å². The third-order valence-corrected chi connectivity index (χ3v) is 5.68. The second-order valence-electron chi connectivity index (χ2n) is 5.45. The zero-order valence-corrected chi connectivity index (χ0v) is 14.3. The fraction of sp³-hybridized carbons (Fsp3) is 0.333. The Balaban J connectivity index is 2.20. The molecule has 2 N–H and O–H groups in total. The molecule has 0 heterocycles. The van der Waals surface area contributed by atoms with Crippen LogP contribution in [0.2, 0.25) is 0 Å². The molecule has 0 aliphatic heterocycles. The lowest BCUT2D eigenvalue weighted by molar-refractivity contribution is 0.243. The lowest BCUT2D eigenvalue weighted by Crippen LogP contribution is -2.34. The van der Waals surface area contributed by atoms with Crippen molar-refractivity contribution in [1.29, 1.82) is 0 Å². The summed E-state index contributed by atoms with van der Waals surface area (Å²) in [6.45, 7) is 0.122. The number of sulfonamides is 1. The number of aliphatic hydroxyl groups is 2. The lowest BCUT2D eigenvalue weighted by Gasteiger charge is -2.21. The molecule has 0 saturated heterocycles. The minimum Gasteiger partial charge on any atom is -0.396 e. The maximum absolute atomic E-state index is 12.7. The smallest absolute Gasteiger partial charge is 0.243 e. The van der Waals surface area contributed by atoms with Crippen molar-refractivity contribution in [2.24, 2.45) is 0 Å². The summed E-state index contributed by atoms with van der Waals surface area (Å²) >= 11 is 0. The molecule has 0 bridgehead atoms. The van der Waals surface area contributed by atoms with Crippen LogP contribution in [0.4, 0.5) is 0 Å². The zero-order chi connectivity index (χ0) is 17.4. The molecule has 0 radical (unpaired) electrons. The third-order valence-electron chi connectivity index (χ3n) is 3.76. The normalized spacial score (nSPS) is 11.8. The highest BCUT2D eigenvalue weighted by Gasteiger charge is 2.23. The summed E-state index contributed by atoms with van der Waals surface area (Å²) in [5.41, 5.74) is 1.97. The van der Waals surface area contributed by atoms with Gasteiger partial charge in [-0.3, -0.25) is 0 Å². The molecule has 0 saturated carbocycles. The molecule has 0 spiro atoms. The van der Waals surface area contributed by atoms with Gasteiger partial charge in [0.2, 0.25) is 10.0 Å². The van der Waals surface area contributed by atoms with Gasteiger partial charge in [0.25, 0.3) is 0 Å². The summed E-state index contributed by atoms with van der Waals surface area (Å²) in [6, 6.07) is 16.5. The first kappa shape index (κ1) is 18.6. The van der Waals surface area contributed by atoms with Crippen LogP contribution in [0.5, 0.6) is 0 Å². The second-order valence-corrected chi connectivity index (χ2v) is 7.39. The standard InChI is InChI=1S/C18H23NO4S/c20-14-5-4-12-19(13-15-21)24(22,23)18-10-8-17(9-11-18)16-6-2-1-3-7-16/h1-3,6-11,20-21H,4-5,12-15H2. The fourth-order valence-corrected chi connectivity index (χ4v) is 3.93. The first-order valence-corrected chi connectivity index (χ1v) is 9.41. The van der Waals surface area contributed by atoms with Gasteiger partial charge in [-0.25, -0.2) is 8.42 Å². The van der Waals surface area contributed by atoms with Gasteiger partial charge in [-0.05, 0) is 36.1 Å². The van der Waals surface area contributed by atoms with E-state index in [2.05, 4.69) is 0 Å². The van der Waals surface area contributed by atoms with Crippen LogP contribution in [0, 0.1) is 0 Å². The first-order valence-electron chi connectivity index (χ1n) is 7.97. The molecular weight excluding hydrogens is 326 g/mol. The maximum atomic E-state index is 12.7. The molecule has 130 valence electrons. The quantitative estimate of drug-likeness (QED) is 0.680. The Bertz CT molecular complexity index is 714. The van der Waals surface area contributed by atoms with Crippen LogP contribution in [-0.2, 0) is 10.0 Å². The van der Waals surface area contributed by atoms with Crippen molar-refractivity contribution in [3.8, 4) is 11.1 Å². The molecular formula is C18H23NO4S. The van der Waals surface area contributed by atoms with Crippen molar-refractivity contribution in [2.75, 3.05) is 26.3 Å². The Morgan fingerprint density at radius 1 is 0.750 bits per heavy atom. The van der Waals surface area contributed by atoms with Crippen molar-refractivity contribution in [3.05, 3.63) is 54.6 Å². The Morgan fingerprint density at radius 3 is 1.96 bits per heavy atom. The van der Waals surface area contributed by atoms with E-state index in [1.807, 2.05) is 30.3 Å². The predicted octanol–water partition coefficient (Wildman–Crippen LogP) is 2.11. The van der Waals surface area contributed by atoms with Crippen molar-refractivity contribution in [1.82, 2.24) is 4.31 Å². The molecule has 6 heteroatoms. The summed E-state index contributed by atoms with van der Waals surface area (Å²) in [5.74, 6) is 0. The van der Waals surface area contributed by atoms with Crippen LogP contribution in [-0.4, -0.2) is 49.2 Å². The van der Waals surface area contributed by atoms with Gasteiger partial charge in [0, 0.05) is 19.7 Å². The van der Waals surface area contributed by atoms with E-state index in [1.165, 1.54) is 4.31 Å². The van der Waals surface area contributed by atoms with Gasteiger partial charge >= 0.3 is 0 Å². The van der Waals surface area contributed by atoms with Gasteiger partial charge in [0.15, 0.2) is 0 Å². The van der Waals surface area contributed by atoms with Crippen LogP contribution in [0.15, 0.2) is 59.5 Å². The Kier molecular flexibility index (Phi) is 6.93. The molecule has 2 rings (SSSR count). The Morgan fingerprint density at radius 2 is 1.38 bits per heavy atom. The summed E-state index contributed by atoms with van der Waals surface area (Å²) in [5, 5.41) is 18.0. The molecule has 0 atom stereocenters. The molecule has 0 aliphatic rings. The molecule has 24 heavy (non-hydrogen) atoms. The highest BCUT2D eigenvalue weighted by molar-refractivity contribution is 7.89. The predicted molar refractivity (Wildman–Crippen MR) is 94.0 cm³/mol. The van der Waals surface area contributed by atoms with Gasteiger partial charge in [0.05, 0.1) is 11.5 Å². The van der Waals surface area contributed by atoms with Gasteiger partial charge in [-0.15, -0.1) is 0 Å². The molecule has 0 amide bonds. The van der Waals surface area contributed by atoms with Crippen LogP contribution in [0.3, 0.4) is 0 Å². The van der Waals surface area contributed by atoms with E-state index in [0.29, 0.717) is 12.8 Å². The average Bonchev–Trinajstić information content (AvgIpc) is 2.62. The van der Waals surface area contributed by atoms with Crippen LogP contribution in [0.1, 0.15) is 12.8 Å². The number of hydrogen-bond donors (Lipinski definition) is 2. The number of rotatable bonds is 9. The minimum atomic E-state index is -3.65. The Labute approximate surface area is 143 Å². The van der Waals surface area contributed by atoms with E-state index >= 15 is 0 Å². The Hall–Kier alpha value is -1.73. The van der Waals surface area contributed by atoms with Gasteiger partial charge in [-0.2, -0.15) is 4.31 Å². The highest BCUT2D eigenvalue weighted by Crippen LogP contribution is 2.23. The number of nitrogens with zero attached hydrogens (tertiary/aromatic N) is 1. The van der Waals surface area contributed by atoms with Gasteiger partial charge < -0.3 is 10.2 Å².